The Morgan fingerprint density at radius 3 is 2.96 bits per heavy atom. The first-order valence-electron chi connectivity index (χ1n) is 8.65. The number of carbonyl (C=O) groups is 2. The Kier molecular flexibility index (Phi) is 5.88. The Bertz CT molecular complexity index is 926. The second kappa shape index (κ2) is 8.34. The van der Waals surface area contributed by atoms with Crippen molar-refractivity contribution in [1.82, 2.24) is 4.98 Å². The van der Waals surface area contributed by atoms with Crippen LogP contribution in [0.2, 0.25) is 0 Å². The monoisotopic (exact) mass is 405 g/mol. The van der Waals surface area contributed by atoms with Gasteiger partial charge in [0.1, 0.15) is 11.2 Å². The van der Waals surface area contributed by atoms with Gasteiger partial charge in [-0.3, -0.25) is 4.79 Å². The van der Waals surface area contributed by atoms with E-state index < -0.39 is 29.2 Å². The molecule has 0 bridgehead atoms. The molecule has 0 radical (unpaired) electrons. The molecular formula is C18H19N3O6S. The van der Waals surface area contributed by atoms with Crippen LogP contribution in [0.1, 0.15) is 34.1 Å². The normalized spacial score (nSPS) is 15.4. The van der Waals surface area contributed by atoms with Gasteiger partial charge in [0.25, 0.3) is 5.91 Å². The highest BCUT2D eigenvalue weighted by molar-refractivity contribution is 7.17. The number of nitrogens with one attached hydrogen (secondary N) is 1. The number of methoxy groups -OCH3 is 1. The smallest absolute Gasteiger partial charge is 0.406 e. The van der Waals surface area contributed by atoms with Crippen LogP contribution in [0.15, 0.2) is 18.3 Å². The van der Waals surface area contributed by atoms with Gasteiger partial charge in [-0.1, -0.05) is 6.92 Å². The number of hydrogen-bond acceptors (Lipinski definition) is 8. The largest absolute Gasteiger partial charge is 0.476 e. The lowest BCUT2D eigenvalue weighted by atomic mass is 9.88. The number of amides is 1. The topological polar surface area (TPSA) is 121 Å². The number of aromatic nitrogens is 1. The van der Waals surface area contributed by atoms with Crippen molar-refractivity contribution in [2.45, 2.75) is 26.2 Å². The molecular weight excluding hydrogens is 386 g/mol. The number of anilines is 1. The minimum absolute atomic E-state index is 0.102. The van der Waals surface area contributed by atoms with E-state index in [-0.39, 0.29) is 5.75 Å². The Labute approximate surface area is 164 Å². The highest BCUT2D eigenvalue weighted by Gasteiger charge is 2.29. The van der Waals surface area contributed by atoms with Gasteiger partial charge in [0, 0.05) is 4.88 Å². The van der Waals surface area contributed by atoms with Gasteiger partial charge in [-0.15, -0.1) is 11.3 Å². The zero-order valence-corrected chi connectivity index (χ0v) is 16.2. The van der Waals surface area contributed by atoms with E-state index in [2.05, 4.69) is 17.2 Å². The summed E-state index contributed by atoms with van der Waals surface area (Å²) in [5.41, 5.74) is 1.31. The third-order valence-electron chi connectivity index (χ3n) is 4.44. The van der Waals surface area contributed by atoms with Crippen LogP contribution in [0, 0.1) is 16.0 Å². The second-order valence-electron chi connectivity index (χ2n) is 6.47. The molecule has 1 amide bonds. The van der Waals surface area contributed by atoms with Crippen LogP contribution in [0.5, 0.6) is 5.75 Å². The summed E-state index contributed by atoms with van der Waals surface area (Å²) in [6.07, 6.45) is 3.84. The van der Waals surface area contributed by atoms with E-state index >= 15 is 0 Å². The zero-order valence-electron chi connectivity index (χ0n) is 15.4. The van der Waals surface area contributed by atoms with Gasteiger partial charge in [-0.05, 0) is 52.8 Å². The molecule has 10 heteroatoms. The number of pyridine rings is 1. The lowest BCUT2D eigenvalue weighted by molar-refractivity contribution is -0.390. The molecule has 28 heavy (non-hydrogen) atoms. The molecule has 1 atom stereocenters. The molecule has 2 aromatic heterocycles. The van der Waals surface area contributed by atoms with Crippen LogP contribution in [0.3, 0.4) is 0 Å². The molecule has 1 N–H and O–H groups in total. The van der Waals surface area contributed by atoms with Crippen LogP contribution >= 0.6 is 11.3 Å². The SMILES string of the molecule is COC(=O)c1c(NC(=O)COc2cccnc2[N+](=O)[O-])sc2c1CC[C@H](C)C2. The number of fused-ring (bicyclic) bond motifs is 1. The summed E-state index contributed by atoms with van der Waals surface area (Å²) in [5, 5.41) is 14.1. The molecule has 0 aromatic carbocycles. The number of rotatable bonds is 6. The Morgan fingerprint density at radius 2 is 2.25 bits per heavy atom. The minimum Gasteiger partial charge on any atom is -0.476 e. The van der Waals surface area contributed by atoms with Crippen molar-refractivity contribution in [3.8, 4) is 5.75 Å². The Hall–Kier alpha value is -3.01. The fraction of sp³-hybridized carbons (Fsp3) is 0.389. The van der Waals surface area contributed by atoms with E-state index in [1.165, 1.54) is 36.8 Å². The van der Waals surface area contributed by atoms with E-state index in [4.69, 9.17) is 9.47 Å². The summed E-state index contributed by atoms with van der Waals surface area (Å²) >= 11 is 1.36. The molecule has 0 saturated carbocycles. The molecule has 1 aliphatic carbocycles. The van der Waals surface area contributed by atoms with Crippen molar-refractivity contribution in [2.75, 3.05) is 19.0 Å². The number of thiophene rings is 1. The Morgan fingerprint density at radius 1 is 1.46 bits per heavy atom. The predicted octanol–water partition coefficient (Wildman–Crippen LogP) is 2.98. The van der Waals surface area contributed by atoms with Crippen LogP contribution in [-0.4, -0.2) is 35.5 Å². The molecule has 148 valence electrons. The maximum atomic E-state index is 12.3. The van der Waals surface area contributed by atoms with Gasteiger partial charge in [-0.2, -0.15) is 0 Å². The number of ether oxygens (including phenoxy) is 2. The minimum atomic E-state index is -0.683. The standard InChI is InChI=1S/C18H19N3O6S/c1-10-5-6-11-13(8-10)28-17(15(11)18(23)26-2)20-14(22)9-27-12-4-3-7-19-16(12)21(24)25/h3-4,7,10H,5-6,8-9H2,1-2H3,(H,20,22)/t10-/m0/s1. The number of carbonyl (C=O) groups excluding carboxylic acids is 2. The van der Waals surface area contributed by atoms with E-state index in [1.807, 2.05) is 0 Å². The molecule has 0 unspecified atom stereocenters. The van der Waals surface area contributed by atoms with Gasteiger partial charge >= 0.3 is 11.8 Å². The van der Waals surface area contributed by atoms with E-state index in [1.54, 1.807) is 0 Å². The van der Waals surface area contributed by atoms with Crippen LogP contribution < -0.4 is 10.1 Å². The highest BCUT2D eigenvalue weighted by atomic mass is 32.1. The number of esters is 1. The van der Waals surface area contributed by atoms with Crippen LogP contribution in [0.4, 0.5) is 10.8 Å². The zero-order chi connectivity index (χ0) is 20.3. The quantitative estimate of drug-likeness (QED) is 0.445. The summed E-state index contributed by atoms with van der Waals surface area (Å²) in [7, 11) is 1.30. The molecule has 0 fully saturated rings. The molecule has 0 spiro atoms. The average Bonchev–Trinajstić information content (AvgIpc) is 3.02. The fourth-order valence-electron chi connectivity index (χ4n) is 3.09. The van der Waals surface area contributed by atoms with Crippen LogP contribution in [-0.2, 0) is 22.4 Å². The van der Waals surface area contributed by atoms with Gasteiger partial charge in [-0.25, -0.2) is 4.79 Å². The molecule has 1 aliphatic rings. The van der Waals surface area contributed by atoms with E-state index in [0.717, 1.165) is 29.7 Å². The fourth-order valence-corrected chi connectivity index (χ4v) is 4.51. The van der Waals surface area contributed by atoms with E-state index in [9.17, 15) is 19.7 Å². The van der Waals surface area contributed by atoms with Crippen molar-refractivity contribution in [1.29, 1.82) is 0 Å². The van der Waals surface area contributed by atoms with Crippen molar-refractivity contribution in [2.24, 2.45) is 5.92 Å². The van der Waals surface area contributed by atoms with Crippen molar-refractivity contribution >= 4 is 34.0 Å². The van der Waals surface area contributed by atoms with Gasteiger partial charge in [0.05, 0.1) is 12.7 Å². The highest BCUT2D eigenvalue weighted by Crippen LogP contribution is 2.40. The van der Waals surface area contributed by atoms with Crippen molar-refractivity contribution in [3.05, 3.63) is 44.4 Å². The van der Waals surface area contributed by atoms with Gasteiger partial charge < -0.3 is 24.9 Å². The molecule has 2 aromatic rings. The lowest BCUT2D eigenvalue weighted by Crippen LogP contribution is -2.21. The summed E-state index contributed by atoms with van der Waals surface area (Å²) in [6, 6.07) is 2.84. The van der Waals surface area contributed by atoms with Crippen molar-refractivity contribution in [3.63, 3.8) is 0 Å². The van der Waals surface area contributed by atoms with Gasteiger partial charge in [0.15, 0.2) is 6.61 Å². The van der Waals surface area contributed by atoms with Gasteiger partial charge in [0.2, 0.25) is 5.75 Å². The maximum absolute atomic E-state index is 12.3. The molecule has 9 nitrogen and oxygen atoms in total. The average molecular weight is 405 g/mol. The number of nitro groups is 1. The lowest BCUT2D eigenvalue weighted by Gasteiger charge is -2.18. The summed E-state index contributed by atoms with van der Waals surface area (Å²) in [6.45, 7) is 1.69. The number of hydrogen-bond donors (Lipinski definition) is 1. The molecule has 0 saturated heterocycles. The second-order valence-corrected chi connectivity index (χ2v) is 7.57. The first-order valence-corrected chi connectivity index (χ1v) is 9.47. The van der Waals surface area contributed by atoms with Crippen LogP contribution in [0.25, 0.3) is 0 Å². The predicted molar refractivity (Wildman–Crippen MR) is 102 cm³/mol. The first kappa shape index (κ1) is 19.7. The third kappa shape index (κ3) is 4.11. The maximum Gasteiger partial charge on any atom is 0.406 e. The molecule has 0 aliphatic heterocycles. The first-order chi connectivity index (χ1) is 13.4. The number of nitrogens with zero attached hydrogens (tertiary/aromatic N) is 2. The summed E-state index contributed by atoms with van der Waals surface area (Å²) in [4.78, 5) is 39.6. The van der Waals surface area contributed by atoms with Crippen molar-refractivity contribution < 1.29 is 24.0 Å². The molecule has 2 heterocycles. The summed E-state index contributed by atoms with van der Waals surface area (Å²) < 4.78 is 10.1. The molecule has 3 rings (SSSR count). The Balaban J connectivity index is 1.76. The third-order valence-corrected chi connectivity index (χ3v) is 5.61. The van der Waals surface area contributed by atoms with E-state index in [0.29, 0.717) is 16.5 Å². The summed E-state index contributed by atoms with van der Waals surface area (Å²) in [5.74, 6) is -1.09.